The van der Waals surface area contributed by atoms with Gasteiger partial charge in [-0.05, 0) is 18.2 Å². The third-order valence-electron chi connectivity index (χ3n) is 2.94. The predicted octanol–water partition coefficient (Wildman–Crippen LogP) is 2.62. The van der Waals surface area contributed by atoms with Crippen molar-refractivity contribution in [2.75, 3.05) is 12.4 Å². The molecule has 106 valence electrons. The van der Waals surface area contributed by atoms with Gasteiger partial charge in [-0.25, -0.2) is 4.98 Å². The Hall–Kier alpha value is -3.16. The van der Waals surface area contributed by atoms with Gasteiger partial charge in [-0.15, -0.1) is 0 Å². The molecule has 3 aromatic rings. The summed E-state index contributed by atoms with van der Waals surface area (Å²) in [4.78, 5) is 21.7. The Bertz CT molecular complexity index is 814. The summed E-state index contributed by atoms with van der Waals surface area (Å²) in [7, 11) is 1.45. The summed E-state index contributed by atoms with van der Waals surface area (Å²) in [5.74, 6) is 0.420. The monoisotopic (exact) mass is 285 g/mol. The van der Waals surface area contributed by atoms with E-state index < -0.39 is 4.92 Å². The fraction of sp³-hybridized carbons (Fsp3) is 0.0769. The molecule has 0 aliphatic heterocycles. The van der Waals surface area contributed by atoms with Crippen molar-refractivity contribution in [1.82, 2.24) is 15.0 Å². The molecule has 0 saturated carbocycles. The van der Waals surface area contributed by atoms with Crippen LogP contribution in [0.5, 0.6) is 5.88 Å². The number of hydrogen-bond donors (Lipinski definition) is 2. The van der Waals surface area contributed by atoms with Crippen LogP contribution in [0, 0.1) is 10.1 Å². The molecule has 8 heteroatoms. The van der Waals surface area contributed by atoms with Crippen LogP contribution in [-0.4, -0.2) is 27.0 Å². The number of benzene rings is 1. The second-order valence-electron chi connectivity index (χ2n) is 4.24. The van der Waals surface area contributed by atoms with Gasteiger partial charge in [0.15, 0.2) is 0 Å². The van der Waals surface area contributed by atoms with Crippen molar-refractivity contribution < 1.29 is 9.66 Å². The van der Waals surface area contributed by atoms with E-state index in [-0.39, 0.29) is 11.5 Å². The van der Waals surface area contributed by atoms with Crippen LogP contribution in [0.4, 0.5) is 17.2 Å². The Morgan fingerprint density at radius 2 is 2.19 bits per heavy atom. The minimum Gasteiger partial charge on any atom is -0.481 e. The van der Waals surface area contributed by atoms with E-state index in [1.54, 1.807) is 24.5 Å². The van der Waals surface area contributed by atoms with Crippen LogP contribution in [0.3, 0.4) is 0 Å². The average Bonchev–Trinajstić information content (AvgIpc) is 2.94. The van der Waals surface area contributed by atoms with Crippen LogP contribution in [0.1, 0.15) is 0 Å². The topological polar surface area (TPSA) is 106 Å². The van der Waals surface area contributed by atoms with E-state index in [0.717, 1.165) is 11.0 Å². The highest BCUT2D eigenvalue weighted by Gasteiger charge is 2.16. The molecule has 0 radical (unpaired) electrons. The predicted molar refractivity (Wildman–Crippen MR) is 76.8 cm³/mol. The van der Waals surface area contributed by atoms with Gasteiger partial charge in [0, 0.05) is 17.8 Å². The zero-order valence-electron chi connectivity index (χ0n) is 11.0. The number of methoxy groups -OCH3 is 1. The number of rotatable bonds is 4. The van der Waals surface area contributed by atoms with Crippen molar-refractivity contribution in [3.8, 4) is 5.88 Å². The molecule has 1 aromatic carbocycles. The van der Waals surface area contributed by atoms with Gasteiger partial charge >= 0.3 is 5.69 Å². The Labute approximate surface area is 118 Å². The first-order valence-corrected chi connectivity index (χ1v) is 6.07. The normalized spacial score (nSPS) is 10.5. The van der Waals surface area contributed by atoms with Crippen LogP contribution in [0.15, 0.2) is 36.7 Å². The van der Waals surface area contributed by atoms with Crippen molar-refractivity contribution in [2.45, 2.75) is 0 Å². The van der Waals surface area contributed by atoms with E-state index in [1.807, 2.05) is 0 Å². The molecule has 0 unspecified atom stereocenters. The molecule has 3 rings (SSSR count). The Kier molecular flexibility index (Phi) is 3.11. The number of anilines is 2. The SMILES string of the molecule is COc1ccc([N+](=O)[O-])c(Nc2ccc3nc[nH]c3c2)n1. The van der Waals surface area contributed by atoms with E-state index in [1.165, 1.54) is 19.2 Å². The number of aromatic nitrogens is 3. The lowest BCUT2D eigenvalue weighted by atomic mass is 10.2. The summed E-state index contributed by atoms with van der Waals surface area (Å²) in [5.41, 5.74) is 2.18. The van der Waals surface area contributed by atoms with E-state index in [9.17, 15) is 10.1 Å². The van der Waals surface area contributed by atoms with Gasteiger partial charge in [-0.2, -0.15) is 4.98 Å². The first-order chi connectivity index (χ1) is 10.2. The van der Waals surface area contributed by atoms with Crippen molar-refractivity contribution in [3.05, 3.63) is 46.8 Å². The molecule has 0 saturated heterocycles. The number of pyridine rings is 1. The molecule has 0 aliphatic carbocycles. The number of hydrogen-bond acceptors (Lipinski definition) is 6. The maximum absolute atomic E-state index is 11.1. The molecule has 8 nitrogen and oxygen atoms in total. The smallest absolute Gasteiger partial charge is 0.311 e. The average molecular weight is 285 g/mol. The lowest BCUT2D eigenvalue weighted by Gasteiger charge is -2.07. The maximum atomic E-state index is 11.1. The van der Waals surface area contributed by atoms with Gasteiger partial charge < -0.3 is 15.0 Å². The summed E-state index contributed by atoms with van der Waals surface area (Å²) in [6.07, 6.45) is 1.58. The number of ether oxygens (including phenoxy) is 1. The zero-order chi connectivity index (χ0) is 14.8. The zero-order valence-corrected chi connectivity index (χ0v) is 11.0. The van der Waals surface area contributed by atoms with Crippen molar-refractivity contribution in [2.24, 2.45) is 0 Å². The number of aromatic amines is 1. The molecule has 0 fully saturated rings. The minimum absolute atomic E-state index is 0.123. The van der Waals surface area contributed by atoms with Gasteiger partial charge in [-0.3, -0.25) is 10.1 Å². The number of nitrogens with one attached hydrogen (secondary N) is 2. The van der Waals surface area contributed by atoms with Crippen LogP contribution in [-0.2, 0) is 0 Å². The molecule has 0 amide bonds. The number of fused-ring (bicyclic) bond motifs is 1. The van der Waals surface area contributed by atoms with Crippen molar-refractivity contribution in [3.63, 3.8) is 0 Å². The largest absolute Gasteiger partial charge is 0.481 e. The Morgan fingerprint density at radius 1 is 1.33 bits per heavy atom. The Balaban J connectivity index is 2.00. The van der Waals surface area contributed by atoms with E-state index in [4.69, 9.17) is 4.74 Å². The van der Waals surface area contributed by atoms with E-state index in [0.29, 0.717) is 11.6 Å². The maximum Gasteiger partial charge on any atom is 0.311 e. The lowest BCUT2D eigenvalue weighted by molar-refractivity contribution is -0.384. The van der Waals surface area contributed by atoms with Crippen molar-refractivity contribution >= 4 is 28.2 Å². The molecule has 0 spiro atoms. The van der Waals surface area contributed by atoms with E-state index in [2.05, 4.69) is 20.3 Å². The summed E-state index contributed by atoms with van der Waals surface area (Å²) in [5, 5.41) is 14.0. The summed E-state index contributed by atoms with van der Waals surface area (Å²) in [6, 6.07) is 8.17. The van der Waals surface area contributed by atoms with Crippen LogP contribution >= 0.6 is 0 Å². The number of imidazole rings is 1. The first-order valence-electron chi connectivity index (χ1n) is 6.07. The van der Waals surface area contributed by atoms with Gasteiger partial charge in [0.05, 0.1) is 29.4 Å². The highest BCUT2D eigenvalue weighted by atomic mass is 16.6. The van der Waals surface area contributed by atoms with Gasteiger partial charge in [-0.1, -0.05) is 0 Å². The molecule has 0 aliphatic rings. The standard InChI is InChI=1S/C13H11N5O3/c1-21-12-5-4-11(18(19)20)13(17-12)16-8-2-3-9-10(6-8)15-7-14-9/h2-7H,1H3,(H,14,15)(H,16,17). The number of nitro groups is 1. The second kappa shape index (κ2) is 5.08. The highest BCUT2D eigenvalue weighted by molar-refractivity contribution is 5.80. The number of nitrogens with zero attached hydrogens (tertiary/aromatic N) is 3. The molecule has 2 aromatic heterocycles. The molecular formula is C13H11N5O3. The van der Waals surface area contributed by atoms with Gasteiger partial charge in [0.2, 0.25) is 11.7 Å². The molecule has 21 heavy (non-hydrogen) atoms. The fourth-order valence-electron chi connectivity index (χ4n) is 1.94. The molecule has 2 N–H and O–H groups in total. The van der Waals surface area contributed by atoms with Crippen molar-refractivity contribution in [1.29, 1.82) is 0 Å². The summed E-state index contributed by atoms with van der Waals surface area (Å²) in [6.45, 7) is 0. The summed E-state index contributed by atoms with van der Waals surface area (Å²) >= 11 is 0. The van der Waals surface area contributed by atoms with Crippen LogP contribution in [0.2, 0.25) is 0 Å². The van der Waals surface area contributed by atoms with Crippen LogP contribution in [0.25, 0.3) is 11.0 Å². The number of H-pyrrole nitrogens is 1. The molecule has 2 heterocycles. The quantitative estimate of drug-likeness (QED) is 0.563. The fourth-order valence-corrected chi connectivity index (χ4v) is 1.94. The highest BCUT2D eigenvalue weighted by Crippen LogP contribution is 2.28. The molecule has 0 bridgehead atoms. The third kappa shape index (κ3) is 2.46. The van der Waals surface area contributed by atoms with Gasteiger partial charge in [0.1, 0.15) is 0 Å². The summed E-state index contributed by atoms with van der Waals surface area (Å²) < 4.78 is 5.00. The molecular weight excluding hydrogens is 274 g/mol. The Morgan fingerprint density at radius 3 is 2.95 bits per heavy atom. The first kappa shape index (κ1) is 12.9. The minimum atomic E-state index is -0.497. The van der Waals surface area contributed by atoms with E-state index >= 15 is 0 Å². The third-order valence-corrected chi connectivity index (χ3v) is 2.94. The second-order valence-corrected chi connectivity index (χ2v) is 4.24. The van der Waals surface area contributed by atoms with Crippen LogP contribution < -0.4 is 10.1 Å². The lowest BCUT2D eigenvalue weighted by Crippen LogP contribution is -2.01. The van der Waals surface area contributed by atoms with Gasteiger partial charge in [0.25, 0.3) is 0 Å². The molecule has 0 atom stereocenters.